The lowest BCUT2D eigenvalue weighted by molar-refractivity contribution is -0.152. The van der Waals surface area contributed by atoms with E-state index in [0.717, 1.165) is 130 Å². The van der Waals surface area contributed by atoms with Gasteiger partial charge >= 0.3 is 5.97 Å². The largest absolute Gasteiger partial charge is 0.469 e. The van der Waals surface area contributed by atoms with E-state index in [1.54, 1.807) is 6.07 Å². The number of amides is 2. The van der Waals surface area contributed by atoms with Gasteiger partial charge in [-0.15, -0.1) is 0 Å². The van der Waals surface area contributed by atoms with Crippen molar-refractivity contribution in [3.63, 3.8) is 0 Å². The first-order chi connectivity index (χ1) is 31.8. The van der Waals surface area contributed by atoms with Crippen molar-refractivity contribution >= 4 is 40.8 Å². The second-order valence-electron chi connectivity index (χ2n) is 21.3. The van der Waals surface area contributed by atoms with E-state index < -0.39 is 0 Å². The molecular formula is C52H67ClN8O5. The molecule has 0 atom stereocenters. The number of esters is 1. The zero-order valence-corrected chi connectivity index (χ0v) is 40.4. The number of halogens is 1. The number of carbonyl (C=O) groups excluding carboxylic acids is 3. The molecule has 10 rings (SSSR count). The van der Waals surface area contributed by atoms with E-state index >= 15 is 0 Å². The van der Waals surface area contributed by atoms with Crippen molar-refractivity contribution in [3.8, 4) is 11.1 Å². The Morgan fingerprint density at radius 3 is 1.86 bits per heavy atom. The normalized spacial score (nSPS) is 26.7. The molecule has 4 fully saturated rings. The second-order valence-corrected chi connectivity index (χ2v) is 21.7. The van der Waals surface area contributed by atoms with E-state index in [1.165, 1.54) is 52.1 Å². The average molecular weight is 920 g/mol. The summed E-state index contributed by atoms with van der Waals surface area (Å²) in [5.74, 6) is 0.160. The van der Waals surface area contributed by atoms with Crippen LogP contribution in [0.3, 0.4) is 0 Å². The number of benzene rings is 2. The summed E-state index contributed by atoms with van der Waals surface area (Å²) in [6.45, 7) is 8.22. The average Bonchev–Trinajstić information content (AvgIpc) is 4.18. The number of aromatic nitrogens is 4. The molecule has 2 aromatic carbocycles. The van der Waals surface area contributed by atoms with Crippen molar-refractivity contribution in [2.45, 2.75) is 116 Å². The molecule has 2 amide bonds. The van der Waals surface area contributed by atoms with Gasteiger partial charge in [0.15, 0.2) is 11.6 Å². The molecule has 4 saturated carbocycles. The van der Waals surface area contributed by atoms with Crippen LogP contribution < -0.4 is 10.6 Å². The number of imidazole rings is 2. The minimum absolute atomic E-state index is 0.0317. The summed E-state index contributed by atoms with van der Waals surface area (Å²) in [6, 6.07) is 11.4. The van der Waals surface area contributed by atoms with Crippen molar-refractivity contribution in [1.29, 1.82) is 0 Å². The first kappa shape index (κ1) is 45.2. The monoisotopic (exact) mass is 918 g/mol. The maximum absolute atomic E-state index is 13.9. The maximum Gasteiger partial charge on any atom is 0.311 e. The topological polar surface area (TPSA) is 136 Å². The van der Waals surface area contributed by atoms with Crippen LogP contribution in [0.2, 0.25) is 5.02 Å². The SMILES string of the molecule is COCC12CCC(CCCN3CCc4c(nc(C(=O)Nc5cccc(-c6cccc(NC(=O)c7nc8c(n7C)CCN(CCC79CCC(C(=O)OC)(CC7)C9)C8)c6Cl)c5C)n4C)C3)(CC1)C2. The van der Waals surface area contributed by atoms with Crippen LogP contribution in [0.25, 0.3) is 11.1 Å². The summed E-state index contributed by atoms with van der Waals surface area (Å²) in [6.07, 6.45) is 16.9. The predicted octanol–water partition coefficient (Wildman–Crippen LogP) is 8.89. The lowest BCUT2D eigenvalue weighted by atomic mass is 9.79. The molecule has 4 aromatic rings. The third-order valence-electron chi connectivity index (χ3n) is 17.5. The molecule has 13 nitrogen and oxygen atoms in total. The molecule has 352 valence electrons. The summed E-state index contributed by atoms with van der Waals surface area (Å²) in [5.41, 5.74) is 8.63. The summed E-state index contributed by atoms with van der Waals surface area (Å²) in [5, 5.41) is 6.62. The van der Waals surface area contributed by atoms with Crippen LogP contribution in [0.5, 0.6) is 0 Å². The van der Waals surface area contributed by atoms with Crippen molar-refractivity contribution < 1.29 is 23.9 Å². The molecule has 66 heavy (non-hydrogen) atoms. The van der Waals surface area contributed by atoms with E-state index in [4.69, 9.17) is 31.0 Å². The Morgan fingerprint density at radius 1 is 0.697 bits per heavy atom. The van der Waals surface area contributed by atoms with Gasteiger partial charge < -0.3 is 29.2 Å². The van der Waals surface area contributed by atoms with Crippen LogP contribution in [0.4, 0.5) is 11.4 Å². The van der Waals surface area contributed by atoms with Gasteiger partial charge in [0.2, 0.25) is 0 Å². The van der Waals surface area contributed by atoms with Crippen molar-refractivity contribution in [3.05, 3.63) is 81.4 Å². The van der Waals surface area contributed by atoms with Crippen LogP contribution in [-0.2, 0) is 54.3 Å². The van der Waals surface area contributed by atoms with Gasteiger partial charge in [0.1, 0.15) is 0 Å². The van der Waals surface area contributed by atoms with Gasteiger partial charge in [0, 0.05) is 82.9 Å². The molecule has 6 aliphatic rings. The fraction of sp³-hybridized carbons (Fsp3) is 0.596. The highest BCUT2D eigenvalue weighted by molar-refractivity contribution is 6.36. The van der Waals surface area contributed by atoms with Gasteiger partial charge in [0.05, 0.1) is 41.2 Å². The van der Waals surface area contributed by atoms with Crippen LogP contribution >= 0.6 is 11.6 Å². The number of nitrogens with one attached hydrogen (secondary N) is 2. The Morgan fingerprint density at radius 2 is 1.24 bits per heavy atom. The van der Waals surface area contributed by atoms with Crippen LogP contribution in [0, 0.1) is 28.6 Å². The molecule has 0 saturated heterocycles. The third-order valence-corrected chi connectivity index (χ3v) is 17.9. The molecule has 0 radical (unpaired) electrons. The number of hydrogen-bond donors (Lipinski definition) is 2. The Bertz CT molecular complexity index is 2550. The molecule has 14 heteroatoms. The van der Waals surface area contributed by atoms with Gasteiger partial charge in [-0.05, 0) is 143 Å². The minimum atomic E-state index is -0.321. The van der Waals surface area contributed by atoms with Crippen molar-refractivity contribution in [2.75, 3.05) is 57.6 Å². The molecule has 2 aliphatic heterocycles. The van der Waals surface area contributed by atoms with Gasteiger partial charge in [-0.25, -0.2) is 9.97 Å². The highest BCUT2D eigenvalue weighted by Gasteiger charge is 2.58. The van der Waals surface area contributed by atoms with Crippen molar-refractivity contribution in [2.24, 2.45) is 35.8 Å². The summed E-state index contributed by atoms with van der Waals surface area (Å²) >= 11 is 7.11. The molecule has 0 unspecified atom stereocenters. The Labute approximate surface area is 394 Å². The van der Waals surface area contributed by atoms with Crippen LogP contribution in [-0.4, -0.2) is 93.7 Å². The quantitative estimate of drug-likeness (QED) is 0.112. The first-order valence-electron chi connectivity index (χ1n) is 24.4. The van der Waals surface area contributed by atoms with Gasteiger partial charge in [-0.2, -0.15) is 0 Å². The molecule has 4 bridgehead atoms. The van der Waals surface area contributed by atoms with Gasteiger partial charge in [-0.1, -0.05) is 35.9 Å². The van der Waals surface area contributed by atoms with Gasteiger partial charge in [0.25, 0.3) is 11.8 Å². The standard InChI is InChI=1S/C52H67ClN8O5/c1-34-35(9-6-11-37(34)56-46(62)44-54-39-29-60(26-13-41(39)58(44)2)25-8-15-49-16-18-51(31-49,19-17-49)33-65-4)36-10-7-12-38(43(36)53)57-47(63)45-55-40-30-61(27-14-42(40)59(45)3)28-24-50-20-22-52(32-50,23-21-50)48(64)66-5/h6-7,9-12H,8,13-33H2,1-5H3,(H,56,62)(H,57,63). The van der Waals surface area contributed by atoms with E-state index in [0.29, 0.717) is 45.4 Å². The number of anilines is 2. The first-order valence-corrected chi connectivity index (χ1v) is 24.8. The molecule has 4 heterocycles. The van der Waals surface area contributed by atoms with Gasteiger partial charge in [-0.3, -0.25) is 24.2 Å². The maximum atomic E-state index is 13.9. The number of methoxy groups -OCH3 is 2. The zero-order chi connectivity index (χ0) is 46.0. The smallest absolute Gasteiger partial charge is 0.311 e. The summed E-state index contributed by atoms with van der Waals surface area (Å²) in [4.78, 5) is 55.2. The molecule has 2 aromatic heterocycles. The number of fused-ring (bicyclic) bond motifs is 6. The fourth-order valence-electron chi connectivity index (χ4n) is 13.7. The van der Waals surface area contributed by atoms with E-state index in [1.807, 2.05) is 67.6 Å². The number of ether oxygens (including phenoxy) is 2. The van der Waals surface area contributed by atoms with Crippen molar-refractivity contribution in [1.82, 2.24) is 28.9 Å². The lowest BCUT2D eigenvalue weighted by Crippen LogP contribution is -2.34. The van der Waals surface area contributed by atoms with E-state index in [2.05, 4.69) is 20.4 Å². The van der Waals surface area contributed by atoms with Crippen LogP contribution in [0.15, 0.2) is 36.4 Å². The summed E-state index contributed by atoms with van der Waals surface area (Å²) in [7, 11) is 7.22. The molecule has 4 aliphatic carbocycles. The zero-order valence-electron chi connectivity index (χ0n) is 39.6. The molecule has 2 N–H and O–H groups in total. The minimum Gasteiger partial charge on any atom is -0.469 e. The fourth-order valence-corrected chi connectivity index (χ4v) is 14.0. The Balaban J connectivity index is 0.760. The lowest BCUT2D eigenvalue weighted by Gasteiger charge is -2.32. The van der Waals surface area contributed by atoms with E-state index in [-0.39, 0.29) is 28.6 Å². The Hall–Kier alpha value is -4.56. The molecule has 0 spiro atoms. The van der Waals surface area contributed by atoms with E-state index in [9.17, 15) is 14.4 Å². The summed E-state index contributed by atoms with van der Waals surface area (Å²) < 4.78 is 14.7. The Kier molecular flexibility index (Phi) is 12.0. The number of carbonyl (C=O) groups is 3. The molecular weight excluding hydrogens is 852 g/mol. The predicted molar refractivity (Wildman–Crippen MR) is 256 cm³/mol. The third kappa shape index (κ3) is 8.09. The number of rotatable bonds is 15. The number of hydrogen-bond acceptors (Lipinski definition) is 9. The highest BCUT2D eigenvalue weighted by atomic mass is 35.5. The van der Waals surface area contributed by atoms with Crippen LogP contribution in [0.1, 0.15) is 133 Å². The number of nitrogens with zero attached hydrogens (tertiary/aromatic N) is 6. The highest BCUT2D eigenvalue weighted by Crippen LogP contribution is 2.64. The second kappa shape index (κ2) is 17.5.